The topological polar surface area (TPSA) is 46.5 Å². The summed E-state index contributed by atoms with van der Waals surface area (Å²) in [6, 6.07) is 9.75. The van der Waals surface area contributed by atoms with Gasteiger partial charge in [0.2, 0.25) is 0 Å². The van der Waals surface area contributed by atoms with Gasteiger partial charge in [0.15, 0.2) is 5.75 Å². The van der Waals surface area contributed by atoms with Crippen LogP contribution < -0.4 is 4.74 Å². The molecule has 0 radical (unpaired) electrons. The Morgan fingerprint density at radius 1 is 1.05 bits per heavy atom. The van der Waals surface area contributed by atoms with E-state index in [2.05, 4.69) is 0 Å². The highest BCUT2D eigenvalue weighted by Crippen LogP contribution is 2.33. The van der Waals surface area contributed by atoms with Crippen LogP contribution in [0.3, 0.4) is 0 Å². The average molecular weight is 332 g/mol. The van der Waals surface area contributed by atoms with Crippen molar-refractivity contribution in [2.75, 3.05) is 0 Å². The molecule has 0 aliphatic rings. The molecular weight excluding hydrogens is 323 g/mol. The Morgan fingerprint density at radius 3 is 2.30 bits per heavy atom. The van der Waals surface area contributed by atoms with Gasteiger partial charge < -0.3 is 9.84 Å². The fourth-order valence-corrected chi connectivity index (χ4v) is 2.28. The van der Waals surface area contributed by atoms with Gasteiger partial charge in [-0.15, -0.1) is 0 Å². The number of halogens is 3. The molecule has 0 amide bonds. The van der Waals surface area contributed by atoms with Crippen LogP contribution in [0.25, 0.3) is 0 Å². The fourth-order valence-electron chi connectivity index (χ4n) is 1.60. The molecule has 0 aliphatic carbocycles. The largest absolute Gasteiger partial charge is 0.486 e. The molecule has 6 heteroatoms. The lowest BCUT2D eigenvalue weighted by atomic mass is 10.2. The molecule has 0 atom stereocenters. The summed E-state index contributed by atoms with van der Waals surface area (Å²) in [4.78, 5) is 11.2. The number of benzene rings is 2. The maximum atomic E-state index is 11.2. The van der Waals surface area contributed by atoms with E-state index in [-0.39, 0.29) is 28.0 Å². The lowest BCUT2D eigenvalue weighted by molar-refractivity contribution is 0.0691. The lowest BCUT2D eigenvalue weighted by Gasteiger charge is -2.11. The molecule has 0 bridgehead atoms. The number of carboxylic acid groups (broad SMARTS) is 1. The van der Waals surface area contributed by atoms with Gasteiger partial charge in [-0.1, -0.05) is 46.9 Å². The van der Waals surface area contributed by atoms with Crippen molar-refractivity contribution in [3.05, 3.63) is 62.6 Å². The molecule has 3 nitrogen and oxygen atoms in total. The van der Waals surface area contributed by atoms with E-state index < -0.39 is 5.97 Å². The maximum absolute atomic E-state index is 11.2. The van der Waals surface area contributed by atoms with E-state index in [4.69, 9.17) is 44.6 Å². The zero-order valence-corrected chi connectivity index (χ0v) is 12.3. The molecular formula is C14H9Cl3O3. The van der Waals surface area contributed by atoms with Crippen molar-refractivity contribution in [1.82, 2.24) is 0 Å². The molecule has 20 heavy (non-hydrogen) atoms. The molecule has 0 unspecified atom stereocenters. The summed E-state index contributed by atoms with van der Waals surface area (Å²) in [7, 11) is 0. The second kappa shape index (κ2) is 6.35. The normalized spacial score (nSPS) is 10.3. The van der Waals surface area contributed by atoms with Gasteiger partial charge in [-0.05, 0) is 29.8 Å². The van der Waals surface area contributed by atoms with Crippen molar-refractivity contribution in [3.8, 4) is 5.75 Å². The van der Waals surface area contributed by atoms with Gasteiger partial charge in [0.05, 0.1) is 5.02 Å². The Balaban J connectivity index is 2.24. The Morgan fingerprint density at radius 2 is 1.70 bits per heavy atom. The van der Waals surface area contributed by atoms with E-state index in [1.54, 1.807) is 24.3 Å². The number of hydrogen-bond acceptors (Lipinski definition) is 2. The Bertz CT molecular complexity index is 639. The van der Waals surface area contributed by atoms with E-state index in [0.29, 0.717) is 5.02 Å². The Hall–Kier alpha value is -1.42. The maximum Gasteiger partial charge on any atom is 0.339 e. The minimum Gasteiger partial charge on any atom is -0.486 e. The van der Waals surface area contributed by atoms with Crippen molar-refractivity contribution in [2.45, 2.75) is 6.61 Å². The highest BCUT2D eigenvalue weighted by atomic mass is 35.5. The first-order valence-electron chi connectivity index (χ1n) is 5.57. The van der Waals surface area contributed by atoms with Crippen molar-refractivity contribution >= 4 is 40.8 Å². The molecule has 0 fully saturated rings. The number of hydrogen-bond donors (Lipinski definition) is 1. The third-order valence-electron chi connectivity index (χ3n) is 2.54. The predicted octanol–water partition coefficient (Wildman–Crippen LogP) is 4.92. The smallest absolute Gasteiger partial charge is 0.339 e. The van der Waals surface area contributed by atoms with E-state index in [1.165, 1.54) is 12.1 Å². The molecule has 2 rings (SSSR count). The zero-order chi connectivity index (χ0) is 14.7. The number of aromatic carboxylic acids is 1. The number of carbonyl (C=O) groups is 1. The fraction of sp³-hybridized carbons (Fsp3) is 0.0714. The van der Waals surface area contributed by atoms with Crippen LogP contribution in [0, 0.1) is 0 Å². The first-order chi connectivity index (χ1) is 9.47. The van der Waals surface area contributed by atoms with Crippen LogP contribution in [0.2, 0.25) is 15.1 Å². The lowest BCUT2D eigenvalue weighted by Crippen LogP contribution is -2.04. The second-order valence-electron chi connectivity index (χ2n) is 3.98. The summed E-state index contributed by atoms with van der Waals surface area (Å²) in [5, 5.41) is 10.1. The van der Waals surface area contributed by atoms with Crippen molar-refractivity contribution < 1.29 is 14.6 Å². The third kappa shape index (κ3) is 3.57. The molecule has 0 saturated carbocycles. The SMILES string of the molecule is O=C(O)c1cc(Cl)cc(Cl)c1OCc1ccc(Cl)cc1. The van der Waals surface area contributed by atoms with Crippen molar-refractivity contribution in [3.63, 3.8) is 0 Å². The Labute approximate surface area is 130 Å². The Kier molecular flexibility index (Phi) is 4.76. The molecule has 104 valence electrons. The summed E-state index contributed by atoms with van der Waals surface area (Å²) < 4.78 is 5.50. The molecule has 1 N–H and O–H groups in total. The van der Waals surface area contributed by atoms with Crippen LogP contribution in [-0.4, -0.2) is 11.1 Å². The van der Waals surface area contributed by atoms with Crippen LogP contribution >= 0.6 is 34.8 Å². The van der Waals surface area contributed by atoms with Gasteiger partial charge in [-0.3, -0.25) is 0 Å². The van der Waals surface area contributed by atoms with E-state index in [9.17, 15) is 4.79 Å². The van der Waals surface area contributed by atoms with E-state index in [1.807, 2.05) is 0 Å². The minimum atomic E-state index is -1.15. The van der Waals surface area contributed by atoms with Gasteiger partial charge >= 0.3 is 5.97 Å². The third-order valence-corrected chi connectivity index (χ3v) is 3.29. The summed E-state index contributed by atoms with van der Waals surface area (Å²) in [6.45, 7) is 0.179. The number of rotatable bonds is 4. The summed E-state index contributed by atoms with van der Waals surface area (Å²) >= 11 is 17.5. The van der Waals surface area contributed by atoms with Gasteiger partial charge in [0, 0.05) is 10.0 Å². The first-order valence-corrected chi connectivity index (χ1v) is 6.70. The van der Waals surface area contributed by atoms with Crippen LogP contribution in [0.4, 0.5) is 0 Å². The molecule has 0 spiro atoms. The summed E-state index contributed by atoms with van der Waals surface area (Å²) in [6.07, 6.45) is 0. The molecule has 2 aromatic rings. The van der Waals surface area contributed by atoms with Crippen LogP contribution in [0.15, 0.2) is 36.4 Å². The second-order valence-corrected chi connectivity index (χ2v) is 5.26. The van der Waals surface area contributed by atoms with E-state index in [0.717, 1.165) is 5.56 Å². The summed E-state index contributed by atoms with van der Waals surface area (Å²) in [5.41, 5.74) is 0.771. The van der Waals surface area contributed by atoms with Gasteiger partial charge in [-0.25, -0.2) is 4.79 Å². The number of ether oxygens (including phenoxy) is 1. The molecule has 0 heterocycles. The van der Waals surface area contributed by atoms with Gasteiger partial charge in [-0.2, -0.15) is 0 Å². The standard InChI is InChI=1S/C14H9Cl3O3/c15-9-3-1-8(2-4-9)7-20-13-11(14(18)19)5-10(16)6-12(13)17/h1-6H,7H2,(H,18,19). The van der Waals surface area contributed by atoms with Crippen LogP contribution in [0.5, 0.6) is 5.75 Å². The van der Waals surface area contributed by atoms with Gasteiger partial charge in [0.1, 0.15) is 12.2 Å². The summed E-state index contributed by atoms with van der Waals surface area (Å²) in [5.74, 6) is -1.06. The van der Waals surface area contributed by atoms with Crippen LogP contribution in [-0.2, 0) is 6.61 Å². The van der Waals surface area contributed by atoms with Crippen molar-refractivity contribution in [1.29, 1.82) is 0 Å². The monoisotopic (exact) mass is 330 g/mol. The molecule has 0 aliphatic heterocycles. The predicted molar refractivity (Wildman–Crippen MR) is 79.2 cm³/mol. The van der Waals surface area contributed by atoms with Gasteiger partial charge in [0.25, 0.3) is 0 Å². The first kappa shape index (κ1) is 15.0. The molecule has 2 aromatic carbocycles. The highest BCUT2D eigenvalue weighted by Gasteiger charge is 2.16. The average Bonchev–Trinajstić information content (AvgIpc) is 2.38. The minimum absolute atomic E-state index is 0.0727. The van der Waals surface area contributed by atoms with E-state index >= 15 is 0 Å². The molecule has 0 aromatic heterocycles. The van der Waals surface area contributed by atoms with Crippen molar-refractivity contribution in [2.24, 2.45) is 0 Å². The highest BCUT2D eigenvalue weighted by molar-refractivity contribution is 6.36. The zero-order valence-electron chi connectivity index (χ0n) is 10.1. The number of carboxylic acids is 1. The van der Waals surface area contributed by atoms with Crippen LogP contribution in [0.1, 0.15) is 15.9 Å². The quantitative estimate of drug-likeness (QED) is 0.864. The molecule has 0 saturated heterocycles.